The summed E-state index contributed by atoms with van der Waals surface area (Å²) in [5.74, 6) is 2.30. The van der Waals surface area contributed by atoms with Crippen LogP contribution >= 0.6 is 0 Å². The van der Waals surface area contributed by atoms with E-state index in [-0.39, 0.29) is 19.0 Å². The Bertz CT molecular complexity index is 629. The number of alkyl halides is 3. The fourth-order valence-corrected chi connectivity index (χ4v) is 4.99. The van der Waals surface area contributed by atoms with Crippen LogP contribution in [0.25, 0.3) is 0 Å². The Kier molecular flexibility index (Phi) is 8.01. The van der Waals surface area contributed by atoms with Gasteiger partial charge in [-0.25, -0.2) is 8.42 Å². The molecule has 0 aliphatic carbocycles. The van der Waals surface area contributed by atoms with E-state index in [1.807, 2.05) is 6.92 Å². The molecule has 2 aliphatic heterocycles. The number of hydrogen-bond acceptors (Lipinski definition) is 3. The Balaban J connectivity index is 1.89. The minimum atomic E-state index is -5.22. The highest BCUT2D eigenvalue weighted by molar-refractivity contribution is 7.90. The second-order valence-corrected chi connectivity index (χ2v) is 10.1. The van der Waals surface area contributed by atoms with E-state index in [1.54, 1.807) is 0 Å². The molecule has 2 saturated heterocycles. The number of likely N-dealkylation sites (tertiary alicyclic amines) is 1. The molecular formula is C18H33F3N4O2S. The van der Waals surface area contributed by atoms with Gasteiger partial charge in [0.05, 0.1) is 0 Å². The van der Waals surface area contributed by atoms with Crippen LogP contribution in [0.4, 0.5) is 13.2 Å². The molecule has 0 bridgehead atoms. The van der Waals surface area contributed by atoms with Crippen molar-refractivity contribution in [2.24, 2.45) is 22.7 Å². The van der Waals surface area contributed by atoms with Crippen molar-refractivity contribution in [3.8, 4) is 0 Å². The first-order chi connectivity index (χ1) is 13.0. The number of halogens is 3. The van der Waals surface area contributed by atoms with Crippen molar-refractivity contribution in [2.75, 3.05) is 39.3 Å². The summed E-state index contributed by atoms with van der Waals surface area (Å²) in [6.45, 7) is 9.48. The van der Waals surface area contributed by atoms with Gasteiger partial charge in [-0.15, -0.1) is 0 Å². The predicted octanol–water partition coefficient (Wildman–Crippen LogP) is 2.88. The maximum absolute atomic E-state index is 12.7. The van der Waals surface area contributed by atoms with E-state index < -0.39 is 15.5 Å². The Morgan fingerprint density at radius 1 is 1.14 bits per heavy atom. The summed E-state index contributed by atoms with van der Waals surface area (Å²) in [4.78, 5) is 6.97. The largest absolute Gasteiger partial charge is 0.511 e. The van der Waals surface area contributed by atoms with Gasteiger partial charge in [0.1, 0.15) is 0 Å². The summed E-state index contributed by atoms with van der Waals surface area (Å²) in [5, 5.41) is 3.31. The molecule has 2 heterocycles. The van der Waals surface area contributed by atoms with Crippen LogP contribution in [-0.2, 0) is 10.0 Å². The number of piperidine rings is 1. The van der Waals surface area contributed by atoms with Crippen LogP contribution in [0.2, 0.25) is 0 Å². The predicted molar refractivity (Wildman–Crippen MR) is 104 cm³/mol. The van der Waals surface area contributed by atoms with Crippen molar-refractivity contribution >= 4 is 16.0 Å². The average molecular weight is 427 g/mol. The topological polar surface area (TPSA) is 65.0 Å². The summed E-state index contributed by atoms with van der Waals surface area (Å²) < 4.78 is 61.6. The number of guanidine groups is 1. The number of rotatable bonds is 6. The molecule has 2 aliphatic rings. The Morgan fingerprint density at radius 3 is 2.29 bits per heavy atom. The quantitative estimate of drug-likeness (QED) is 0.524. The van der Waals surface area contributed by atoms with Crippen molar-refractivity contribution < 1.29 is 21.6 Å². The van der Waals surface area contributed by atoms with Gasteiger partial charge in [0, 0.05) is 39.3 Å². The zero-order chi connectivity index (χ0) is 20.9. The Hall–Kier alpha value is -1.03. The fraction of sp³-hybridized carbons (Fsp3) is 0.944. The minimum Gasteiger partial charge on any atom is -0.357 e. The van der Waals surface area contributed by atoms with Gasteiger partial charge in [0.2, 0.25) is 0 Å². The molecule has 0 aromatic rings. The van der Waals surface area contributed by atoms with Crippen molar-refractivity contribution in [2.45, 2.75) is 52.0 Å². The van der Waals surface area contributed by atoms with E-state index in [9.17, 15) is 21.6 Å². The van der Waals surface area contributed by atoms with Crippen LogP contribution in [0.15, 0.2) is 4.99 Å². The normalized spacial score (nSPS) is 23.6. The molecule has 0 saturated carbocycles. The summed E-state index contributed by atoms with van der Waals surface area (Å²) in [7, 11) is -5.22. The van der Waals surface area contributed by atoms with Crippen LogP contribution in [0.5, 0.6) is 0 Å². The second-order valence-electron chi connectivity index (χ2n) is 8.22. The average Bonchev–Trinajstić information content (AvgIpc) is 3.05. The smallest absolute Gasteiger partial charge is 0.357 e. The van der Waals surface area contributed by atoms with Gasteiger partial charge in [-0.3, -0.25) is 4.99 Å². The first-order valence-electron chi connectivity index (χ1n) is 10.1. The first-order valence-corrected chi connectivity index (χ1v) is 11.6. The summed E-state index contributed by atoms with van der Waals surface area (Å²) in [6, 6.07) is 0. The van der Waals surface area contributed by atoms with Gasteiger partial charge in [-0.2, -0.15) is 17.5 Å². The zero-order valence-corrected chi connectivity index (χ0v) is 17.8. The molecule has 0 amide bonds. The number of nitrogens with zero attached hydrogens (tertiary/aromatic N) is 3. The van der Waals surface area contributed by atoms with Crippen molar-refractivity contribution in [1.29, 1.82) is 0 Å². The van der Waals surface area contributed by atoms with Crippen LogP contribution < -0.4 is 5.32 Å². The summed E-state index contributed by atoms with van der Waals surface area (Å²) in [6.07, 6.45) is 3.14. The molecule has 1 atom stereocenters. The molecule has 164 valence electrons. The van der Waals surface area contributed by atoms with E-state index in [2.05, 4.69) is 24.1 Å². The number of aliphatic imine (C=N–C) groups is 1. The third-order valence-corrected chi connectivity index (χ3v) is 7.06. The minimum absolute atomic E-state index is 0.0985. The molecule has 1 unspecified atom stereocenters. The van der Waals surface area contributed by atoms with E-state index >= 15 is 0 Å². The summed E-state index contributed by atoms with van der Waals surface area (Å²) in [5.41, 5.74) is -5.22. The van der Waals surface area contributed by atoms with E-state index in [4.69, 9.17) is 4.99 Å². The second kappa shape index (κ2) is 9.65. The Morgan fingerprint density at radius 2 is 1.75 bits per heavy atom. The summed E-state index contributed by atoms with van der Waals surface area (Å²) >= 11 is 0. The van der Waals surface area contributed by atoms with Crippen LogP contribution in [0.1, 0.15) is 46.5 Å². The van der Waals surface area contributed by atoms with Crippen molar-refractivity contribution in [1.82, 2.24) is 14.5 Å². The molecular weight excluding hydrogens is 393 g/mol. The first kappa shape index (κ1) is 23.3. The molecule has 0 aromatic heterocycles. The monoisotopic (exact) mass is 426 g/mol. The lowest BCUT2D eigenvalue weighted by atomic mass is 9.97. The SMILES string of the molecule is CCNC(=NCC1CCN(S(=O)(=O)C(F)(F)F)CC1)N1CCC(CC(C)C)C1. The van der Waals surface area contributed by atoms with Crippen molar-refractivity contribution in [3.05, 3.63) is 0 Å². The molecule has 1 N–H and O–H groups in total. The van der Waals surface area contributed by atoms with Gasteiger partial charge in [0.15, 0.2) is 5.96 Å². The molecule has 2 fully saturated rings. The highest BCUT2D eigenvalue weighted by Crippen LogP contribution is 2.30. The third-order valence-electron chi connectivity index (χ3n) is 5.43. The number of nitrogens with one attached hydrogen (secondary N) is 1. The van der Waals surface area contributed by atoms with Gasteiger partial charge < -0.3 is 10.2 Å². The molecule has 0 aromatic carbocycles. The zero-order valence-electron chi connectivity index (χ0n) is 17.0. The Labute approximate surface area is 166 Å². The van der Waals surface area contributed by atoms with Crippen LogP contribution in [0, 0.1) is 17.8 Å². The standard InChI is InChI=1S/C18H33F3N4O2S/c1-4-22-17(24-8-5-16(13-24)11-14(2)3)23-12-15-6-9-25(10-7-15)28(26,27)18(19,20)21/h14-16H,4-13H2,1-3H3,(H,22,23). The lowest BCUT2D eigenvalue weighted by Crippen LogP contribution is -2.45. The molecule has 28 heavy (non-hydrogen) atoms. The van der Waals surface area contributed by atoms with Crippen LogP contribution in [-0.4, -0.2) is 68.4 Å². The van der Waals surface area contributed by atoms with E-state index in [1.165, 1.54) is 6.42 Å². The highest BCUT2D eigenvalue weighted by atomic mass is 32.2. The maximum Gasteiger partial charge on any atom is 0.511 e. The number of hydrogen-bond donors (Lipinski definition) is 1. The van der Waals surface area contributed by atoms with Gasteiger partial charge in [-0.1, -0.05) is 13.8 Å². The molecule has 0 spiro atoms. The van der Waals surface area contributed by atoms with Gasteiger partial charge >= 0.3 is 15.5 Å². The fourth-order valence-electron chi connectivity index (χ4n) is 4.00. The van der Waals surface area contributed by atoms with Gasteiger partial charge in [-0.05, 0) is 50.4 Å². The molecule has 6 nitrogen and oxygen atoms in total. The molecule has 10 heteroatoms. The van der Waals surface area contributed by atoms with E-state index in [0.29, 0.717) is 35.5 Å². The lowest BCUT2D eigenvalue weighted by Gasteiger charge is -2.31. The maximum atomic E-state index is 12.7. The number of sulfonamides is 1. The van der Waals surface area contributed by atoms with Gasteiger partial charge in [0.25, 0.3) is 0 Å². The molecule has 2 rings (SSSR count). The highest BCUT2D eigenvalue weighted by Gasteiger charge is 2.50. The van der Waals surface area contributed by atoms with E-state index in [0.717, 1.165) is 32.0 Å². The lowest BCUT2D eigenvalue weighted by molar-refractivity contribution is -0.0496. The molecule has 0 radical (unpaired) electrons. The van der Waals surface area contributed by atoms with Crippen LogP contribution in [0.3, 0.4) is 0 Å². The third kappa shape index (κ3) is 5.98. The van der Waals surface area contributed by atoms with Crippen molar-refractivity contribution in [3.63, 3.8) is 0 Å².